The van der Waals surface area contributed by atoms with Crippen molar-refractivity contribution in [3.63, 3.8) is 0 Å². The van der Waals surface area contributed by atoms with Crippen molar-refractivity contribution in [2.24, 2.45) is 0 Å². The number of methoxy groups -OCH3 is 1. The van der Waals surface area contributed by atoms with Crippen LogP contribution in [-0.2, 0) is 0 Å². The first-order valence-electron chi connectivity index (χ1n) is 11.9. The molecule has 0 saturated carbocycles. The van der Waals surface area contributed by atoms with E-state index in [0.717, 1.165) is 36.8 Å². The number of piperidine rings is 1. The van der Waals surface area contributed by atoms with Gasteiger partial charge in [0.1, 0.15) is 23.5 Å². The lowest BCUT2D eigenvalue weighted by atomic mass is 10.0. The Kier molecular flexibility index (Phi) is 6.61. The van der Waals surface area contributed by atoms with Gasteiger partial charge in [-0.2, -0.15) is 4.98 Å². The Morgan fingerprint density at radius 3 is 2.75 bits per heavy atom. The molecule has 1 saturated heterocycles. The number of carbonyl (C=O) groups excluding carboxylic acids is 1. The molecule has 36 heavy (non-hydrogen) atoms. The summed E-state index contributed by atoms with van der Waals surface area (Å²) >= 11 is 0. The number of quaternary nitrogens is 1. The van der Waals surface area contributed by atoms with Crippen molar-refractivity contribution in [3.05, 3.63) is 71.7 Å². The van der Waals surface area contributed by atoms with Crippen molar-refractivity contribution in [2.45, 2.75) is 18.9 Å². The van der Waals surface area contributed by atoms with E-state index in [2.05, 4.69) is 30.9 Å². The Morgan fingerprint density at radius 2 is 1.94 bits per heavy atom. The average Bonchev–Trinajstić information content (AvgIpc) is 3.37. The van der Waals surface area contributed by atoms with Crippen LogP contribution in [0.4, 0.5) is 17.3 Å². The number of nitrogens with zero attached hydrogens (tertiary/aromatic N) is 2. The SMILES string of the molecule is COc1cc(C(=N)c2c(N)ncnc2[NH2+]C2CCNCC2)ccc1NC(=O)c1ccc2cc[nH]c2c1. The molecule has 8 N–H and O–H groups in total. The number of hydrogen-bond acceptors (Lipinski definition) is 7. The number of H-pyrrole nitrogens is 1. The quantitative estimate of drug-likeness (QED) is 0.220. The zero-order valence-corrected chi connectivity index (χ0v) is 20.0. The van der Waals surface area contributed by atoms with Gasteiger partial charge in [-0.05, 0) is 35.7 Å². The molecule has 4 aromatic rings. The van der Waals surface area contributed by atoms with Crippen LogP contribution < -0.4 is 26.4 Å². The minimum Gasteiger partial charge on any atom is -0.495 e. The normalized spacial score (nSPS) is 14.0. The van der Waals surface area contributed by atoms with Gasteiger partial charge in [0.15, 0.2) is 0 Å². The third-order valence-corrected chi connectivity index (χ3v) is 6.49. The Balaban J connectivity index is 1.39. The Labute approximate surface area is 208 Å². The predicted molar refractivity (Wildman–Crippen MR) is 139 cm³/mol. The van der Waals surface area contributed by atoms with E-state index in [1.165, 1.54) is 13.4 Å². The molecule has 1 aliphatic heterocycles. The number of aromatic amines is 1. The molecule has 1 amide bonds. The van der Waals surface area contributed by atoms with Gasteiger partial charge in [0.2, 0.25) is 5.82 Å². The summed E-state index contributed by atoms with van der Waals surface area (Å²) in [6, 6.07) is 13.0. The summed E-state index contributed by atoms with van der Waals surface area (Å²) in [6.45, 7) is 1.91. The lowest BCUT2D eigenvalue weighted by molar-refractivity contribution is -0.616. The standard InChI is InChI=1S/C26H28N8O2/c1-36-21-13-16(4-5-19(21)34-26(35)17-3-2-15-6-11-30-20(15)12-17)23(27)22-24(28)31-14-32-25(22)33-18-7-9-29-10-8-18/h2-6,11-14,18,27,29-30H,7-10H2,1H3,(H,34,35)(H3,28,31,32,33)/p+1. The highest BCUT2D eigenvalue weighted by Crippen LogP contribution is 2.29. The lowest BCUT2D eigenvalue weighted by Gasteiger charge is -2.21. The number of ether oxygens (including phenoxy) is 1. The van der Waals surface area contributed by atoms with Gasteiger partial charge >= 0.3 is 0 Å². The van der Waals surface area contributed by atoms with E-state index in [4.69, 9.17) is 15.9 Å². The second-order valence-electron chi connectivity index (χ2n) is 8.80. The molecule has 0 aliphatic carbocycles. The van der Waals surface area contributed by atoms with Gasteiger partial charge in [-0.1, -0.05) is 12.1 Å². The fraction of sp³-hybridized carbons (Fsp3) is 0.231. The van der Waals surface area contributed by atoms with E-state index in [1.807, 2.05) is 18.3 Å². The van der Waals surface area contributed by atoms with Crippen LogP contribution in [0.25, 0.3) is 10.9 Å². The van der Waals surface area contributed by atoms with Crippen LogP contribution in [0, 0.1) is 5.41 Å². The zero-order valence-electron chi connectivity index (χ0n) is 20.0. The molecule has 1 aliphatic rings. The highest BCUT2D eigenvalue weighted by atomic mass is 16.5. The number of benzene rings is 2. The summed E-state index contributed by atoms with van der Waals surface area (Å²) in [5.74, 6) is 1.10. The molecule has 2 aromatic carbocycles. The number of fused-ring (bicyclic) bond motifs is 1. The van der Waals surface area contributed by atoms with Crippen molar-refractivity contribution in [1.82, 2.24) is 20.3 Å². The molecule has 0 unspecified atom stereocenters. The fourth-order valence-corrected chi connectivity index (χ4v) is 4.51. The van der Waals surface area contributed by atoms with E-state index in [9.17, 15) is 4.79 Å². The monoisotopic (exact) mass is 485 g/mol. The van der Waals surface area contributed by atoms with E-state index >= 15 is 0 Å². The molecule has 3 heterocycles. The van der Waals surface area contributed by atoms with Crippen LogP contribution in [0.5, 0.6) is 5.75 Å². The summed E-state index contributed by atoms with van der Waals surface area (Å²) in [5.41, 5.74) is 9.40. The minimum atomic E-state index is -0.257. The van der Waals surface area contributed by atoms with Crippen molar-refractivity contribution in [3.8, 4) is 5.75 Å². The number of nitrogen functional groups attached to an aromatic ring is 1. The van der Waals surface area contributed by atoms with Crippen molar-refractivity contribution in [1.29, 1.82) is 5.41 Å². The number of hydrogen-bond donors (Lipinski definition) is 6. The lowest BCUT2D eigenvalue weighted by Crippen LogP contribution is -2.86. The molecule has 0 radical (unpaired) electrons. The number of nitrogens with two attached hydrogens (primary N) is 2. The zero-order chi connectivity index (χ0) is 25.1. The number of nitrogens with one attached hydrogen (secondary N) is 4. The fourth-order valence-electron chi connectivity index (χ4n) is 4.51. The molecule has 5 rings (SSSR count). The minimum absolute atomic E-state index is 0.196. The molecule has 10 heteroatoms. The third kappa shape index (κ3) is 4.77. The van der Waals surface area contributed by atoms with Crippen LogP contribution in [0.1, 0.15) is 34.3 Å². The summed E-state index contributed by atoms with van der Waals surface area (Å²) < 4.78 is 5.55. The van der Waals surface area contributed by atoms with Gasteiger partial charge in [-0.25, -0.2) is 4.98 Å². The maximum atomic E-state index is 12.9. The second kappa shape index (κ2) is 10.1. The molecule has 0 atom stereocenters. The van der Waals surface area contributed by atoms with E-state index in [1.54, 1.807) is 30.3 Å². The predicted octanol–water partition coefficient (Wildman–Crippen LogP) is 2.16. The highest BCUT2D eigenvalue weighted by molar-refractivity contribution is 6.16. The second-order valence-corrected chi connectivity index (χ2v) is 8.80. The smallest absolute Gasteiger partial charge is 0.255 e. The van der Waals surface area contributed by atoms with Gasteiger partial charge < -0.3 is 26.1 Å². The van der Waals surface area contributed by atoms with Crippen LogP contribution in [-0.4, -0.2) is 52.8 Å². The van der Waals surface area contributed by atoms with E-state index in [-0.39, 0.29) is 17.4 Å². The van der Waals surface area contributed by atoms with Gasteiger partial charge in [0, 0.05) is 48.8 Å². The first kappa shape index (κ1) is 23.5. The summed E-state index contributed by atoms with van der Waals surface area (Å²) in [7, 11) is 1.53. The Hall–Kier alpha value is -4.28. The van der Waals surface area contributed by atoms with E-state index < -0.39 is 0 Å². The first-order valence-corrected chi connectivity index (χ1v) is 11.9. The molecule has 2 aromatic heterocycles. The van der Waals surface area contributed by atoms with Crippen LogP contribution in [0.2, 0.25) is 0 Å². The maximum Gasteiger partial charge on any atom is 0.255 e. The maximum absolute atomic E-state index is 12.9. The van der Waals surface area contributed by atoms with Gasteiger partial charge in [-0.15, -0.1) is 0 Å². The summed E-state index contributed by atoms with van der Waals surface area (Å²) in [5, 5.41) is 18.3. The van der Waals surface area contributed by atoms with E-state index in [0.29, 0.717) is 40.0 Å². The van der Waals surface area contributed by atoms with Crippen molar-refractivity contribution >= 4 is 39.8 Å². The molecular formula is C26H29N8O2+. The van der Waals surface area contributed by atoms with Crippen molar-refractivity contribution in [2.75, 3.05) is 31.2 Å². The molecular weight excluding hydrogens is 456 g/mol. The molecule has 0 bridgehead atoms. The number of carbonyl (C=O) groups is 1. The Bertz CT molecular complexity index is 1420. The summed E-state index contributed by atoms with van der Waals surface area (Å²) in [6.07, 6.45) is 5.29. The first-order chi connectivity index (χ1) is 17.5. The number of aromatic nitrogens is 3. The van der Waals surface area contributed by atoms with Gasteiger partial charge in [0.25, 0.3) is 5.91 Å². The summed E-state index contributed by atoms with van der Waals surface area (Å²) in [4.78, 5) is 24.6. The van der Waals surface area contributed by atoms with Crippen molar-refractivity contribution < 1.29 is 14.8 Å². The van der Waals surface area contributed by atoms with Gasteiger partial charge in [0.05, 0.1) is 24.6 Å². The van der Waals surface area contributed by atoms with Crippen LogP contribution in [0.15, 0.2) is 55.0 Å². The van der Waals surface area contributed by atoms with Crippen LogP contribution in [0.3, 0.4) is 0 Å². The number of anilines is 2. The average molecular weight is 486 g/mol. The number of rotatable bonds is 7. The third-order valence-electron chi connectivity index (χ3n) is 6.49. The largest absolute Gasteiger partial charge is 0.495 e. The van der Waals surface area contributed by atoms with Crippen LogP contribution >= 0.6 is 0 Å². The molecule has 0 spiro atoms. The molecule has 10 nitrogen and oxygen atoms in total. The Morgan fingerprint density at radius 1 is 1.14 bits per heavy atom. The molecule has 1 fully saturated rings. The molecule has 184 valence electrons. The number of amides is 1. The highest BCUT2D eigenvalue weighted by Gasteiger charge is 2.24. The van der Waals surface area contributed by atoms with Gasteiger partial charge in [-0.3, -0.25) is 15.5 Å². The topological polar surface area (TPSA) is 158 Å².